The lowest BCUT2D eigenvalue weighted by Gasteiger charge is -2.28. The smallest absolute Gasteiger partial charge is 0.319 e. The summed E-state index contributed by atoms with van der Waals surface area (Å²) >= 11 is 0. The molecule has 3 rings (SSSR count). The van der Waals surface area contributed by atoms with Crippen LogP contribution in [0.1, 0.15) is 25.7 Å². The molecule has 1 aromatic carbocycles. The number of carbonyl (C=O) groups is 1. The zero-order valence-electron chi connectivity index (χ0n) is 12.8. The van der Waals surface area contributed by atoms with Crippen molar-refractivity contribution in [1.29, 1.82) is 0 Å². The third-order valence-corrected chi connectivity index (χ3v) is 4.34. The molecular formula is C17H20FN3O2. The minimum Gasteiger partial charge on any atom is -0.394 e. The quantitative estimate of drug-likeness (QED) is 0.811. The second-order valence-electron chi connectivity index (χ2n) is 5.98. The second-order valence-corrected chi connectivity index (χ2v) is 5.98. The molecule has 0 bridgehead atoms. The molecule has 0 spiro atoms. The molecule has 122 valence electrons. The first kappa shape index (κ1) is 15.6. The Labute approximate surface area is 134 Å². The van der Waals surface area contributed by atoms with Crippen LogP contribution in [-0.2, 0) is 0 Å². The lowest BCUT2D eigenvalue weighted by Crippen LogP contribution is -2.50. The Balaban J connectivity index is 1.74. The molecule has 1 aliphatic carbocycles. The highest BCUT2D eigenvalue weighted by atomic mass is 19.1. The van der Waals surface area contributed by atoms with Crippen LogP contribution in [0.25, 0.3) is 5.69 Å². The maximum Gasteiger partial charge on any atom is 0.319 e. The van der Waals surface area contributed by atoms with Crippen molar-refractivity contribution in [3.05, 3.63) is 48.5 Å². The number of aliphatic hydroxyl groups excluding tert-OH is 1. The van der Waals surface area contributed by atoms with Gasteiger partial charge in [0.1, 0.15) is 5.82 Å². The van der Waals surface area contributed by atoms with Gasteiger partial charge in [-0.1, -0.05) is 12.8 Å². The first-order valence-electron chi connectivity index (χ1n) is 7.75. The van der Waals surface area contributed by atoms with Gasteiger partial charge in [0.05, 0.1) is 17.8 Å². The predicted molar refractivity (Wildman–Crippen MR) is 86.2 cm³/mol. The molecule has 0 radical (unpaired) electrons. The van der Waals surface area contributed by atoms with Gasteiger partial charge in [0.2, 0.25) is 0 Å². The van der Waals surface area contributed by atoms with Crippen molar-refractivity contribution in [2.24, 2.45) is 0 Å². The number of rotatable bonds is 4. The average molecular weight is 317 g/mol. The van der Waals surface area contributed by atoms with Crippen molar-refractivity contribution >= 4 is 11.7 Å². The Bertz CT molecular complexity index is 679. The number of nitrogens with one attached hydrogen (secondary N) is 2. The summed E-state index contributed by atoms with van der Waals surface area (Å²) in [6.45, 7) is -0.105. The van der Waals surface area contributed by atoms with Gasteiger partial charge in [-0.15, -0.1) is 0 Å². The highest BCUT2D eigenvalue weighted by molar-refractivity contribution is 5.90. The van der Waals surface area contributed by atoms with E-state index in [2.05, 4.69) is 10.6 Å². The van der Waals surface area contributed by atoms with E-state index >= 15 is 0 Å². The van der Waals surface area contributed by atoms with Crippen LogP contribution < -0.4 is 10.6 Å². The maximum atomic E-state index is 14.0. The van der Waals surface area contributed by atoms with E-state index in [0.717, 1.165) is 31.4 Å². The zero-order valence-corrected chi connectivity index (χ0v) is 12.8. The molecule has 1 heterocycles. The molecule has 1 aromatic heterocycles. The standard InChI is InChI=1S/C17H20FN3O2/c18-14-6-5-13(21-9-3-4-10-21)11-15(14)19-16(23)20-17(12-22)7-1-2-8-17/h3-6,9-11,22H,1-2,7-8,12H2,(H2,19,20,23). The zero-order chi connectivity index (χ0) is 16.3. The highest BCUT2D eigenvalue weighted by Crippen LogP contribution is 2.29. The molecule has 0 saturated heterocycles. The molecule has 1 fully saturated rings. The summed E-state index contributed by atoms with van der Waals surface area (Å²) in [5.74, 6) is -0.500. The van der Waals surface area contributed by atoms with E-state index in [1.807, 2.05) is 29.1 Å². The number of anilines is 1. The monoisotopic (exact) mass is 317 g/mol. The van der Waals surface area contributed by atoms with E-state index in [1.54, 1.807) is 12.1 Å². The van der Waals surface area contributed by atoms with Crippen LogP contribution in [-0.4, -0.2) is 27.9 Å². The predicted octanol–water partition coefficient (Wildman–Crippen LogP) is 3.04. The number of hydrogen-bond donors (Lipinski definition) is 3. The Morgan fingerprint density at radius 2 is 1.96 bits per heavy atom. The number of benzene rings is 1. The second kappa shape index (κ2) is 6.42. The van der Waals surface area contributed by atoms with Crippen LogP contribution in [0.3, 0.4) is 0 Å². The van der Waals surface area contributed by atoms with Gasteiger partial charge in [-0.25, -0.2) is 9.18 Å². The van der Waals surface area contributed by atoms with Crippen molar-refractivity contribution < 1.29 is 14.3 Å². The van der Waals surface area contributed by atoms with Crippen LogP contribution in [0.5, 0.6) is 0 Å². The largest absolute Gasteiger partial charge is 0.394 e. The number of amides is 2. The Kier molecular flexibility index (Phi) is 4.34. The van der Waals surface area contributed by atoms with Gasteiger partial charge in [-0.2, -0.15) is 0 Å². The molecule has 6 heteroatoms. The Hall–Kier alpha value is -2.34. The fraction of sp³-hybridized carbons (Fsp3) is 0.353. The van der Waals surface area contributed by atoms with E-state index in [9.17, 15) is 14.3 Å². The van der Waals surface area contributed by atoms with Crippen molar-refractivity contribution in [3.8, 4) is 5.69 Å². The van der Waals surface area contributed by atoms with E-state index in [4.69, 9.17) is 0 Å². The number of aliphatic hydroxyl groups is 1. The van der Waals surface area contributed by atoms with Gasteiger partial charge in [-0.05, 0) is 43.2 Å². The number of hydrogen-bond acceptors (Lipinski definition) is 2. The summed E-state index contributed by atoms with van der Waals surface area (Å²) in [6, 6.07) is 7.79. The molecular weight excluding hydrogens is 297 g/mol. The van der Waals surface area contributed by atoms with E-state index in [1.165, 1.54) is 6.07 Å². The minimum absolute atomic E-state index is 0.105. The normalized spacial score (nSPS) is 16.3. The van der Waals surface area contributed by atoms with Crippen LogP contribution in [0.4, 0.5) is 14.9 Å². The van der Waals surface area contributed by atoms with Gasteiger partial charge < -0.3 is 20.3 Å². The maximum absolute atomic E-state index is 14.0. The fourth-order valence-corrected chi connectivity index (χ4v) is 3.05. The molecule has 23 heavy (non-hydrogen) atoms. The third-order valence-electron chi connectivity index (χ3n) is 4.34. The number of aromatic nitrogens is 1. The van der Waals surface area contributed by atoms with E-state index < -0.39 is 17.4 Å². The van der Waals surface area contributed by atoms with Crippen molar-refractivity contribution in [2.75, 3.05) is 11.9 Å². The van der Waals surface area contributed by atoms with Crippen LogP contribution in [0, 0.1) is 5.82 Å². The molecule has 2 amide bonds. The topological polar surface area (TPSA) is 66.3 Å². The number of nitrogens with zero attached hydrogens (tertiary/aromatic N) is 1. The summed E-state index contributed by atoms with van der Waals surface area (Å²) in [5.41, 5.74) is 0.280. The van der Waals surface area contributed by atoms with E-state index in [-0.39, 0.29) is 12.3 Å². The van der Waals surface area contributed by atoms with Crippen LogP contribution in [0.2, 0.25) is 0 Å². The lowest BCUT2D eigenvalue weighted by atomic mass is 9.99. The van der Waals surface area contributed by atoms with Gasteiger partial charge in [0.25, 0.3) is 0 Å². The SMILES string of the molecule is O=C(Nc1cc(-n2cccc2)ccc1F)NC1(CO)CCCC1. The average Bonchev–Trinajstić information content (AvgIpc) is 3.21. The fourth-order valence-electron chi connectivity index (χ4n) is 3.05. The molecule has 1 aliphatic rings. The number of urea groups is 1. The molecule has 1 saturated carbocycles. The number of carbonyl (C=O) groups excluding carboxylic acids is 1. The van der Waals surface area contributed by atoms with Gasteiger partial charge >= 0.3 is 6.03 Å². The first-order chi connectivity index (χ1) is 11.1. The molecule has 0 aliphatic heterocycles. The summed E-state index contributed by atoms with van der Waals surface area (Å²) in [6.07, 6.45) is 7.11. The van der Waals surface area contributed by atoms with Crippen molar-refractivity contribution in [3.63, 3.8) is 0 Å². The van der Waals surface area contributed by atoms with Crippen molar-refractivity contribution in [2.45, 2.75) is 31.2 Å². The first-order valence-corrected chi connectivity index (χ1v) is 7.75. The summed E-state index contributed by atoms with van der Waals surface area (Å²) in [4.78, 5) is 12.2. The van der Waals surface area contributed by atoms with Crippen LogP contribution in [0.15, 0.2) is 42.7 Å². The summed E-state index contributed by atoms with van der Waals surface area (Å²) in [5, 5.41) is 14.9. The minimum atomic E-state index is -0.585. The molecule has 5 nitrogen and oxygen atoms in total. The van der Waals surface area contributed by atoms with Gasteiger partial charge in [0.15, 0.2) is 0 Å². The molecule has 2 aromatic rings. The Morgan fingerprint density at radius 1 is 1.26 bits per heavy atom. The summed E-state index contributed by atoms with van der Waals surface area (Å²) < 4.78 is 15.8. The van der Waals surface area contributed by atoms with E-state index in [0.29, 0.717) is 0 Å². The summed E-state index contributed by atoms with van der Waals surface area (Å²) in [7, 11) is 0. The van der Waals surface area contributed by atoms with Crippen molar-refractivity contribution in [1.82, 2.24) is 9.88 Å². The highest BCUT2D eigenvalue weighted by Gasteiger charge is 2.34. The lowest BCUT2D eigenvalue weighted by molar-refractivity contribution is 0.167. The number of halogens is 1. The Morgan fingerprint density at radius 3 is 2.61 bits per heavy atom. The molecule has 3 N–H and O–H groups in total. The van der Waals surface area contributed by atoms with Crippen LogP contribution >= 0.6 is 0 Å². The van der Waals surface area contributed by atoms with Gasteiger partial charge in [-0.3, -0.25) is 0 Å². The molecule has 0 unspecified atom stereocenters. The van der Waals surface area contributed by atoms with Gasteiger partial charge in [0, 0.05) is 18.1 Å². The third kappa shape index (κ3) is 3.37. The molecule has 0 atom stereocenters.